The van der Waals surface area contributed by atoms with Crippen LogP contribution in [0.5, 0.6) is 0 Å². The molecule has 2 aromatic rings. The summed E-state index contributed by atoms with van der Waals surface area (Å²) in [5, 5.41) is 15.0. The molecule has 106 valence electrons. The Morgan fingerprint density at radius 2 is 2.15 bits per heavy atom. The highest BCUT2D eigenvalue weighted by Crippen LogP contribution is 2.14. The summed E-state index contributed by atoms with van der Waals surface area (Å²) in [6, 6.07) is 7.66. The Morgan fingerprint density at radius 3 is 2.80 bits per heavy atom. The molecule has 1 aromatic heterocycles. The number of hydrogen-bond acceptors (Lipinski definition) is 5. The van der Waals surface area contributed by atoms with Gasteiger partial charge in [0.05, 0.1) is 10.7 Å². The van der Waals surface area contributed by atoms with Gasteiger partial charge >= 0.3 is 0 Å². The average molecular weight is 290 g/mol. The van der Waals surface area contributed by atoms with Crippen molar-refractivity contribution in [1.82, 2.24) is 9.88 Å². The highest BCUT2D eigenvalue weighted by molar-refractivity contribution is 7.09. The first kappa shape index (κ1) is 14.5. The van der Waals surface area contributed by atoms with Crippen molar-refractivity contribution in [2.75, 3.05) is 7.05 Å². The molecular weight excluding hydrogens is 272 g/mol. The van der Waals surface area contributed by atoms with E-state index in [1.807, 2.05) is 38.2 Å². The SMILES string of the molecule is Cc1nc(CN(C)Cc2ccccc2C(N)=NO)cs1. The van der Waals surface area contributed by atoms with Crippen LogP contribution in [0, 0.1) is 6.92 Å². The van der Waals surface area contributed by atoms with Crippen LogP contribution in [-0.4, -0.2) is 28.0 Å². The molecule has 6 heteroatoms. The summed E-state index contributed by atoms with van der Waals surface area (Å²) < 4.78 is 0. The van der Waals surface area contributed by atoms with E-state index in [0.29, 0.717) is 6.54 Å². The quantitative estimate of drug-likeness (QED) is 0.383. The van der Waals surface area contributed by atoms with Crippen molar-refractivity contribution in [2.24, 2.45) is 10.9 Å². The standard InChI is InChI=1S/C14H18N4OS/c1-10-16-12(9-20-10)8-18(2)7-11-5-3-4-6-13(11)14(15)17-19/h3-6,9,19H,7-8H2,1-2H3,(H2,15,17). The summed E-state index contributed by atoms with van der Waals surface area (Å²) in [5.41, 5.74) is 8.55. The van der Waals surface area contributed by atoms with E-state index in [9.17, 15) is 0 Å². The summed E-state index contributed by atoms with van der Waals surface area (Å²) in [6.07, 6.45) is 0. The Balaban J connectivity index is 2.09. The van der Waals surface area contributed by atoms with Gasteiger partial charge in [0.1, 0.15) is 0 Å². The zero-order valence-electron chi connectivity index (χ0n) is 11.6. The number of aromatic nitrogens is 1. The number of nitrogens with two attached hydrogens (primary N) is 1. The zero-order chi connectivity index (χ0) is 14.5. The third-order valence-electron chi connectivity index (χ3n) is 2.94. The van der Waals surface area contributed by atoms with E-state index in [-0.39, 0.29) is 5.84 Å². The molecule has 0 spiro atoms. The number of nitrogens with zero attached hydrogens (tertiary/aromatic N) is 3. The molecule has 1 heterocycles. The van der Waals surface area contributed by atoms with Crippen LogP contribution in [0.2, 0.25) is 0 Å². The molecule has 0 atom stereocenters. The smallest absolute Gasteiger partial charge is 0.170 e. The highest BCUT2D eigenvalue weighted by atomic mass is 32.1. The van der Waals surface area contributed by atoms with E-state index < -0.39 is 0 Å². The number of oxime groups is 1. The Morgan fingerprint density at radius 1 is 1.40 bits per heavy atom. The number of benzene rings is 1. The van der Waals surface area contributed by atoms with E-state index in [1.165, 1.54) is 0 Å². The van der Waals surface area contributed by atoms with E-state index in [4.69, 9.17) is 10.9 Å². The van der Waals surface area contributed by atoms with Crippen LogP contribution in [0.4, 0.5) is 0 Å². The van der Waals surface area contributed by atoms with Crippen LogP contribution < -0.4 is 5.73 Å². The summed E-state index contributed by atoms with van der Waals surface area (Å²) in [7, 11) is 2.03. The molecule has 0 radical (unpaired) electrons. The lowest BCUT2D eigenvalue weighted by molar-refractivity contribution is 0.313. The lowest BCUT2D eigenvalue weighted by Gasteiger charge is -2.17. The fourth-order valence-electron chi connectivity index (χ4n) is 2.07. The van der Waals surface area contributed by atoms with Gasteiger partial charge in [-0.15, -0.1) is 11.3 Å². The maximum Gasteiger partial charge on any atom is 0.170 e. The molecule has 20 heavy (non-hydrogen) atoms. The largest absolute Gasteiger partial charge is 0.409 e. The van der Waals surface area contributed by atoms with Gasteiger partial charge in [0, 0.05) is 24.0 Å². The number of aryl methyl sites for hydroxylation is 1. The molecule has 0 unspecified atom stereocenters. The molecule has 0 aliphatic carbocycles. The average Bonchev–Trinajstić information content (AvgIpc) is 2.83. The maximum absolute atomic E-state index is 8.83. The molecule has 1 aromatic carbocycles. The number of thiazole rings is 1. The van der Waals surface area contributed by atoms with Gasteiger partial charge in [0.25, 0.3) is 0 Å². The lowest BCUT2D eigenvalue weighted by atomic mass is 10.1. The molecule has 5 nitrogen and oxygen atoms in total. The van der Waals surface area contributed by atoms with Gasteiger partial charge < -0.3 is 10.9 Å². The van der Waals surface area contributed by atoms with Gasteiger partial charge in [-0.25, -0.2) is 4.98 Å². The second-order valence-electron chi connectivity index (χ2n) is 4.67. The Hall–Kier alpha value is -1.92. The van der Waals surface area contributed by atoms with Crippen LogP contribution in [0.25, 0.3) is 0 Å². The van der Waals surface area contributed by atoms with Crippen molar-refractivity contribution in [2.45, 2.75) is 20.0 Å². The highest BCUT2D eigenvalue weighted by Gasteiger charge is 2.10. The molecular formula is C14H18N4OS. The zero-order valence-corrected chi connectivity index (χ0v) is 12.4. The summed E-state index contributed by atoms with van der Waals surface area (Å²) >= 11 is 1.65. The van der Waals surface area contributed by atoms with Crippen molar-refractivity contribution >= 4 is 17.2 Å². The fraction of sp³-hybridized carbons (Fsp3) is 0.286. The van der Waals surface area contributed by atoms with Crippen LogP contribution in [0.15, 0.2) is 34.8 Å². The van der Waals surface area contributed by atoms with Crippen molar-refractivity contribution in [3.63, 3.8) is 0 Å². The fourth-order valence-corrected chi connectivity index (χ4v) is 2.67. The normalized spacial score (nSPS) is 12.1. The lowest BCUT2D eigenvalue weighted by Crippen LogP contribution is -2.21. The molecule has 0 bridgehead atoms. The van der Waals surface area contributed by atoms with Gasteiger partial charge in [0.15, 0.2) is 5.84 Å². The van der Waals surface area contributed by atoms with Gasteiger partial charge in [-0.3, -0.25) is 4.90 Å². The topological polar surface area (TPSA) is 74.7 Å². The summed E-state index contributed by atoms with van der Waals surface area (Å²) in [5.74, 6) is 0.138. The number of rotatable bonds is 5. The third-order valence-corrected chi connectivity index (χ3v) is 3.76. The van der Waals surface area contributed by atoms with Crippen LogP contribution >= 0.6 is 11.3 Å². The number of amidine groups is 1. The molecule has 0 amide bonds. The minimum atomic E-state index is 0.138. The van der Waals surface area contributed by atoms with Crippen molar-refractivity contribution in [3.05, 3.63) is 51.5 Å². The second-order valence-corrected chi connectivity index (χ2v) is 5.73. The Kier molecular flexibility index (Phi) is 4.70. The molecule has 0 aliphatic rings. The van der Waals surface area contributed by atoms with E-state index in [0.717, 1.165) is 28.4 Å². The van der Waals surface area contributed by atoms with Crippen LogP contribution in [-0.2, 0) is 13.1 Å². The maximum atomic E-state index is 8.83. The van der Waals surface area contributed by atoms with Crippen LogP contribution in [0.3, 0.4) is 0 Å². The van der Waals surface area contributed by atoms with Crippen molar-refractivity contribution in [3.8, 4) is 0 Å². The predicted molar refractivity (Wildman–Crippen MR) is 81.0 cm³/mol. The molecule has 0 saturated carbocycles. The van der Waals surface area contributed by atoms with Crippen molar-refractivity contribution < 1.29 is 5.21 Å². The summed E-state index contributed by atoms with van der Waals surface area (Å²) in [6.45, 7) is 3.49. The van der Waals surface area contributed by atoms with Gasteiger partial charge in [-0.05, 0) is 19.5 Å². The molecule has 3 N–H and O–H groups in total. The second kappa shape index (κ2) is 6.49. The van der Waals surface area contributed by atoms with E-state index in [2.05, 4.69) is 20.4 Å². The monoisotopic (exact) mass is 290 g/mol. The molecule has 0 saturated heterocycles. The van der Waals surface area contributed by atoms with E-state index >= 15 is 0 Å². The number of hydrogen-bond donors (Lipinski definition) is 2. The molecule has 0 aliphatic heterocycles. The predicted octanol–water partition coefficient (Wildman–Crippen LogP) is 2.18. The van der Waals surface area contributed by atoms with Crippen LogP contribution in [0.1, 0.15) is 21.8 Å². The first-order valence-corrected chi connectivity index (χ1v) is 7.13. The van der Waals surface area contributed by atoms with E-state index in [1.54, 1.807) is 11.3 Å². The van der Waals surface area contributed by atoms with Gasteiger partial charge in [-0.2, -0.15) is 0 Å². The minimum absolute atomic E-state index is 0.138. The van der Waals surface area contributed by atoms with Gasteiger partial charge in [-0.1, -0.05) is 29.4 Å². The third kappa shape index (κ3) is 3.55. The Labute approximate surface area is 122 Å². The minimum Gasteiger partial charge on any atom is -0.409 e. The molecule has 0 fully saturated rings. The molecule has 2 rings (SSSR count). The Bertz CT molecular complexity index is 609. The first-order chi connectivity index (χ1) is 9.60. The summed E-state index contributed by atoms with van der Waals surface area (Å²) in [4.78, 5) is 6.61. The van der Waals surface area contributed by atoms with Crippen molar-refractivity contribution in [1.29, 1.82) is 0 Å². The van der Waals surface area contributed by atoms with Gasteiger partial charge in [0.2, 0.25) is 0 Å². The first-order valence-electron chi connectivity index (χ1n) is 6.25.